The van der Waals surface area contributed by atoms with Gasteiger partial charge in [-0.25, -0.2) is 15.0 Å². The van der Waals surface area contributed by atoms with Gasteiger partial charge in [-0.05, 0) is 6.42 Å². The Morgan fingerprint density at radius 1 is 0.976 bits per heavy atom. The molecule has 0 saturated carbocycles. The van der Waals surface area contributed by atoms with Crippen LogP contribution in [0.1, 0.15) is 71.1 Å². The fraction of sp³-hybridized carbons (Fsp3) is 0.741. The number of ether oxygens (including phenoxy) is 1. The first-order chi connectivity index (χ1) is 20.3. The van der Waals surface area contributed by atoms with Crippen molar-refractivity contribution in [3.05, 3.63) is 12.7 Å². The molecule has 1 fully saturated rings. The summed E-state index contributed by atoms with van der Waals surface area (Å²) in [6.45, 7) is 0.693. The number of amides is 2. The van der Waals surface area contributed by atoms with Gasteiger partial charge in [-0.15, -0.1) is 0 Å². The molecule has 2 aromatic rings. The number of H-pyrrole nitrogens is 1. The maximum absolute atomic E-state index is 13.0. The minimum Gasteiger partial charge on any atom is -0.394 e. The summed E-state index contributed by atoms with van der Waals surface area (Å²) in [5, 5.41) is 59.3. The van der Waals surface area contributed by atoms with Gasteiger partial charge in [0.15, 0.2) is 17.7 Å². The summed E-state index contributed by atoms with van der Waals surface area (Å²) < 4.78 is 5.78. The molecule has 0 unspecified atom stereocenters. The number of aliphatic hydroxyl groups excluding tert-OH is 5. The Hall–Kier alpha value is -2.95. The number of anilines is 1. The van der Waals surface area contributed by atoms with Crippen LogP contribution in [0.4, 0.5) is 5.82 Å². The summed E-state index contributed by atoms with van der Waals surface area (Å²) in [6, 6.07) is -2.73. The first kappa shape index (κ1) is 33.6. The lowest BCUT2D eigenvalue weighted by Gasteiger charge is -2.44. The van der Waals surface area contributed by atoms with E-state index in [0.717, 1.165) is 19.3 Å². The van der Waals surface area contributed by atoms with E-state index in [1.807, 2.05) is 0 Å². The Bertz CT molecular complexity index is 1110. The van der Waals surface area contributed by atoms with Crippen LogP contribution < -0.4 is 16.0 Å². The summed E-state index contributed by atoms with van der Waals surface area (Å²) in [5.74, 6) is -1.06. The highest BCUT2D eigenvalue weighted by Crippen LogP contribution is 2.26. The molecule has 1 aliphatic rings. The SMILES string of the molecule is CCCCCCCCCCCC(=O)N[C@@H](CO)C(=O)N[C@@H]1[C@@H](O)[C@@H](O)[C@@H](Nc2ncnc3nc[nH]c23)O[C@H]1[C@@H](O)CO. The molecule has 3 heterocycles. The molecule has 1 aliphatic heterocycles. The molecule has 2 aromatic heterocycles. The van der Waals surface area contributed by atoms with E-state index in [0.29, 0.717) is 17.6 Å². The van der Waals surface area contributed by atoms with Crippen molar-refractivity contribution in [3.63, 3.8) is 0 Å². The lowest BCUT2D eigenvalue weighted by atomic mass is 9.91. The second kappa shape index (κ2) is 17.2. The molecule has 1 saturated heterocycles. The normalized spacial score (nSPS) is 23.8. The molecule has 15 nitrogen and oxygen atoms in total. The zero-order chi connectivity index (χ0) is 30.5. The first-order valence-electron chi connectivity index (χ1n) is 14.7. The number of hydrogen-bond donors (Lipinski definition) is 9. The Morgan fingerprint density at radius 2 is 1.67 bits per heavy atom. The lowest BCUT2D eigenvalue weighted by Crippen LogP contribution is -2.69. The Kier molecular flexibility index (Phi) is 13.8. The molecule has 7 atom stereocenters. The number of aromatic amines is 1. The molecule has 236 valence electrons. The number of nitrogens with zero attached hydrogens (tertiary/aromatic N) is 3. The van der Waals surface area contributed by atoms with Gasteiger partial charge in [-0.1, -0.05) is 58.3 Å². The molecule has 42 heavy (non-hydrogen) atoms. The van der Waals surface area contributed by atoms with Crippen LogP contribution in [0.3, 0.4) is 0 Å². The van der Waals surface area contributed by atoms with E-state index in [9.17, 15) is 35.1 Å². The molecule has 9 N–H and O–H groups in total. The van der Waals surface area contributed by atoms with Crippen molar-refractivity contribution in [3.8, 4) is 0 Å². The fourth-order valence-electron chi connectivity index (χ4n) is 4.97. The lowest BCUT2D eigenvalue weighted by molar-refractivity contribution is -0.204. The standard InChI is InChI=1S/C27H45N7O8/c1-2-3-4-5-6-7-8-9-10-11-18(38)32-16(12-35)26(41)33-19-21(39)22(40)27(42-23(19)17(37)13-36)34-25-20-24(29-14-28-20)30-15-31-25/h14-17,19,21-23,27,35-37,39-40H,2-13H2,1H3,(H,32,38)(H,33,41)(H2,28,29,30,31,34)/t16-,17-,19+,21+,22+,23-,27-/m0/s1. The topological polar surface area (TPSA) is 235 Å². The third kappa shape index (κ3) is 9.28. The van der Waals surface area contributed by atoms with E-state index in [4.69, 9.17) is 4.74 Å². The third-order valence-corrected chi connectivity index (χ3v) is 7.40. The van der Waals surface area contributed by atoms with E-state index in [2.05, 4.69) is 42.8 Å². The van der Waals surface area contributed by atoms with Crippen LogP contribution in [0.25, 0.3) is 11.2 Å². The molecule has 0 radical (unpaired) electrons. The molecule has 15 heteroatoms. The van der Waals surface area contributed by atoms with Crippen LogP contribution in [-0.4, -0.2) is 113 Å². The van der Waals surface area contributed by atoms with E-state index in [1.54, 1.807) is 0 Å². The van der Waals surface area contributed by atoms with Gasteiger partial charge in [-0.2, -0.15) is 0 Å². The number of unbranched alkanes of at least 4 members (excludes halogenated alkanes) is 8. The number of rotatable bonds is 18. The highest BCUT2D eigenvalue weighted by atomic mass is 16.5. The van der Waals surface area contributed by atoms with Crippen LogP contribution in [0.5, 0.6) is 0 Å². The largest absolute Gasteiger partial charge is 0.394 e. The number of carbonyl (C=O) groups is 2. The Morgan fingerprint density at radius 3 is 2.33 bits per heavy atom. The molecule has 0 aliphatic carbocycles. The number of carbonyl (C=O) groups excluding carboxylic acids is 2. The number of aliphatic hydroxyl groups is 5. The maximum Gasteiger partial charge on any atom is 0.245 e. The Labute approximate surface area is 244 Å². The third-order valence-electron chi connectivity index (χ3n) is 7.40. The van der Waals surface area contributed by atoms with Crippen molar-refractivity contribution in [2.75, 3.05) is 18.5 Å². The molecular weight excluding hydrogens is 550 g/mol. The van der Waals surface area contributed by atoms with Gasteiger partial charge >= 0.3 is 0 Å². The molecule has 0 bridgehead atoms. The van der Waals surface area contributed by atoms with Crippen LogP contribution in [0.2, 0.25) is 0 Å². The number of fused-ring (bicyclic) bond motifs is 1. The smallest absolute Gasteiger partial charge is 0.245 e. The van der Waals surface area contributed by atoms with E-state index >= 15 is 0 Å². The van der Waals surface area contributed by atoms with Gasteiger partial charge in [0.25, 0.3) is 0 Å². The minimum absolute atomic E-state index is 0.194. The maximum atomic E-state index is 13.0. The Balaban J connectivity index is 1.54. The van der Waals surface area contributed by atoms with Crippen LogP contribution in [0.15, 0.2) is 12.7 Å². The van der Waals surface area contributed by atoms with Gasteiger partial charge in [0.1, 0.15) is 42.3 Å². The second-order valence-electron chi connectivity index (χ2n) is 10.6. The highest BCUT2D eigenvalue weighted by molar-refractivity contribution is 5.88. The minimum atomic E-state index is -1.68. The number of aromatic nitrogens is 4. The van der Waals surface area contributed by atoms with Gasteiger partial charge in [0.05, 0.1) is 25.6 Å². The predicted molar refractivity (Wildman–Crippen MR) is 152 cm³/mol. The molecule has 0 spiro atoms. The van der Waals surface area contributed by atoms with Crippen LogP contribution in [0, 0.1) is 0 Å². The van der Waals surface area contributed by atoms with Crippen molar-refractivity contribution in [2.24, 2.45) is 0 Å². The van der Waals surface area contributed by atoms with Crippen molar-refractivity contribution >= 4 is 28.8 Å². The average Bonchev–Trinajstić information content (AvgIpc) is 3.48. The summed E-state index contributed by atoms with van der Waals surface area (Å²) in [4.78, 5) is 40.4. The summed E-state index contributed by atoms with van der Waals surface area (Å²) in [6.07, 6.45) is 5.08. The number of hydrogen-bond acceptors (Lipinski definition) is 12. The van der Waals surface area contributed by atoms with Crippen molar-refractivity contribution in [2.45, 2.75) is 114 Å². The van der Waals surface area contributed by atoms with Gasteiger partial charge in [0, 0.05) is 6.42 Å². The van der Waals surface area contributed by atoms with E-state index in [1.165, 1.54) is 44.8 Å². The molecule has 2 amide bonds. The fourth-order valence-corrected chi connectivity index (χ4v) is 4.97. The predicted octanol–water partition coefficient (Wildman–Crippen LogP) is -0.552. The summed E-state index contributed by atoms with van der Waals surface area (Å²) in [7, 11) is 0. The number of imidazole rings is 1. The van der Waals surface area contributed by atoms with Crippen molar-refractivity contribution in [1.29, 1.82) is 0 Å². The zero-order valence-corrected chi connectivity index (χ0v) is 24.0. The summed E-state index contributed by atoms with van der Waals surface area (Å²) >= 11 is 0. The summed E-state index contributed by atoms with van der Waals surface area (Å²) in [5.41, 5.74) is 0.742. The molecule has 0 aromatic carbocycles. The van der Waals surface area contributed by atoms with Crippen molar-refractivity contribution < 1.29 is 39.9 Å². The zero-order valence-electron chi connectivity index (χ0n) is 24.0. The van der Waals surface area contributed by atoms with Gasteiger partial charge in [-0.3, -0.25) is 9.59 Å². The molecular formula is C27H45N7O8. The van der Waals surface area contributed by atoms with E-state index in [-0.39, 0.29) is 12.2 Å². The quantitative estimate of drug-likeness (QED) is 0.0987. The van der Waals surface area contributed by atoms with Gasteiger partial charge < -0.3 is 51.2 Å². The van der Waals surface area contributed by atoms with E-state index < -0.39 is 67.8 Å². The van der Waals surface area contributed by atoms with Crippen LogP contribution in [-0.2, 0) is 14.3 Å². The monoisotopic (exact) mass is 595 g/mol. The van der Waals surface area contributed by atoms with Crippen molar-refractivity contribution in [1.82, 2.24) is 30.6 Å². The highest BCUT2D eigenvalue weighted by Gasteiger charge is 2.48. The average molecular weight is 596 g/mol. The number of nitrogens with one attached hydrogen (secondary N) is 4. The first-order valence-corrected chi connectivity index (χ1v) is 14.7. The molecule has 3 rings (SSSR count). The van der Waals surface area contributed by atoms with Gasteiger partial charge in [0.2, 0.25) is 11.8 Å². The second-order valence-corrected chi connectivity index (χ2v) is 10.6. The van der Waals surface area contributed by atoms with Crippen LogP contribution >= 0.6 is 0 Å².